The standard InChI is InChI=1S/C12H11BrO2/c1-9-7-12(8-13,15-11(9)14)10-5-3-2-4-6-10/h2-6H,1,7-8H2. The Bertz CT molecular complexity index is 381. The molecule has 1 aliphatic heterocycles. The molecular formula is C12H11BrO2. The lowest BCUT2D eigenvalue weighted by Crippen LogP contribution is -2.27. The second-order valence-corrected chi connectivity index (χ2v) is 4.22. The number of ether oxygens (including phenoxy) is 1. The van der Waals surface area contributed by atoms with E-state index in [1.807, 2.05) is 30.3 Å². The van der Waals surface area contributed by atoms with Crippen LogP contribution in [-0.2, 0) is 15.1 Å². The van der Waals surface area contributed by atoms with Crippen molar-refractivity contribution in [3.63, 3.8) is 0 Å². The number of rotatable bonds is 2. The lowest BCUT2D eigenvalue weighted by atomic mass is 9.92. The summed E-state index contributed by atoms with van der Waals surface area (Å²) in [5.41, 5.74) is 0.988. The molecule has 78 valence electrons. The number of benzene rings is 1. The fraction of sp³-hybridized carbons (Fsp3) is 0.250. The summed E-state index contributed by atoms with van der Waals surface area (Å²) in [6.45, 7) is 3.71. The Balaban J connectivity index is 2.40. The average molecular weight is 267 g/mol. The summed E-state index contributed by atoms with van der Waals surface area (Å²) in [5.74, 6) is -0.293. The zero-order chi connectivity index (χ0) is 10.9. The fourth-order valence-electron chi connectivity index (χ4n) is 1.76. The molecule has 1 aromatic carbocycles. The van der Waals surface area contributed by atoms with Crippen LogP contribution >= 0.6 is 15.9 Å². The van der Waals surface area contributed by atoms with Gasteiger partial charge in [0.15, 0.2) is 5.60 Å². The quantitative estimate of drug-likeness (QED) is 0.468. The topological polar surface area (TPSA) is 26.3 Å². The zero-order valence-corrected chi connectivity index (χ0v) is 9.79. The minimum atomic E-state index is -0.560. The van der Waals surface area contributed by atoms with E-state index in [-0.39, 0.29) is 5.97 Å². The van der Waals surface area contributed by atoms with Gasteiger partial charge in [-0.15, -0.1) is 0 Å². The second-order valence-electron chi connectivity index (χ2n) is 3.66. The molecule has 1 fully saturated rings. The number of halogens is 1. The van der Waals surface area contributed by atoms with Crippen LogP contribution in [0.2, 0.25) is 0 Å². The van der Waals surface area contributed by atoms with Crippen molar-refractivity contribution in [1.29, 1.82) is 0 Å². The lowest BCUT2D eigenvalue weighted by Gasteiger charge is -2.25. The SMILES string of the molecule is C=C1CC(CBr)(c2ccccc2)OC1=O. The van der Waals surface area contributed by atoms with Gasteiger partial charge in [-0.3, -0.25) is 0 Å². The highest BCUT2D eigenvalue weighted by atomic mass is 79.9. The summed E-state index contributed by atoms with van der Waals surface area (Å²) in [6, 6.07) is 9.75. The molecular weight excluding hydrogens is 256 g/mol. The molecule has 0 radical (unpaired) electrons. The van der Waals surface area contributed by atoms with Crippen LogP contribution in [0.5, 0.6) is 0 Å². The number of esters is 1. The van der Waals surface area contributed by atoms with E-state index in [4.69, 9.17) is 4.74 Å². The summed E-state index contributed by atoms with van der Waals surface area (Å²) in [6.07, 6.45) is 0.557. The molecule has 1 aromatic rings. The minimum absolute atomic E-state index is 0.293. The van der Waals surface area contributed by atoms with Crippen molar-refractivity contribution in [3.05, 3.63) is 48.0 Å². The number of carbonyl (C=O) groups is 1. The zero-order valence-electron chi connectivity index (χ0n) is 8.20. The first-order valence-corrected chi connectivity index (χ1v) is 5.83. The number of carbonyl (C=O) groups excluding carboxylic acids is 1. The van der Waals surface area contributed by atoms with Gasteiger partial charge in [-0.25, -0.2) is 4.79 Å². The van der Waals surface area contributed by atoms with Gasteiger partial charge >= 0.3 is 5.97 Å². The van der Waals surface area contributed by atoms with Crippen molar-refractivity contribution < 1.29 is 9.53 Å². The van der Waals surface area contributed by atoms with E-state index in [1.54, 1.807) is 0 Å². The van der Waals surface area contributed by atoms with Crippen LogP contribution < -0.4 is 0 Å². The van der Waals surface area contributed by atoms with Crippen molar-refractivity contribution in [3.8, 4) is 0 Å². The van der Waals surface area contributed by atoms with Crippen molar-refractivity contribution in [2.24, 2.45) is 0 Å². The smallest absolute Gasteiger partial charge is 0.334 e. The monoisotopic (exact) mass is 266 g/mol. The number of cyclic esters (lactones) is 1. The van der Waals surface area contributed by atoms with E-state index in [2.05, 4.69) is 22.5 Å². The van der Waals surface area contributed by atoms with Crippen molar-refractivity contribution >= 4 is 21.9 Å². The van der Waals surface area contributed by atoms with Gasteiger partial charge in [-0.05, 0) is 5.56 Å². The summed E-state index contributed by atoms with van der Waals surface area (Å²) in [4.78, 5) is 11.4. The normalized spacial score (nSPS) is 25.4. The van der Waals surface area contributed by atoms with Crippen LogP contribution in [0.1, 0.15) is 12.0 Å². The summed E-state index contributed by atoms with van der Waals surface area (Å²) in [7, 11) is 0. The molecule has 0 spiro atoms. The van der Waals surface area contributed by atoms with Crippen LogP contribution in [0.25, 0.3) is 0 Å². The molecule has 1 heterocycles. The van der Waals surface area contributed by atoms with E-state index in [9.17, 15) is 4.79 Å². The summed E-state index contributed by atoms with van der Waals surface area (Å²) < 4.78 is 5.41. The first-order chi connectivity index (χ1) is 7.18. The van der Waals surface area contributed by atoms with Crippen LogP contribution in [0, 0.1) is 0 Å². The number of hydrogen-bond donors (Lipinski definition) is 0. The molecule has 0 N–H and O–H groups in total. The molecule has 2 nitrogen and oxygen atoms in total. The van der Waals surface area contributed by atoms with Gasteiger partial charge in [0.25, 0.3) is 0 Å². The molecule has 1 unspecified atom stereocenters. The van der Waals surface area contributed by atoms with Crippen LogP contribution in [0.3, 0.4) is 0 Å². The van der Waals surface area contributed by atoms with Gasteiger partial charge in [0.1, 0.15) is 0 Å². The van der Waals surface area contributed by atoms with E-state index in [0.717, 1.165) is 5.56 Å². The van der Waals surface area contributed by atoms with E-state index in [1.165, 1.54) is 0 Å². The molecule has 3 heteroatoms. The van der Waals surface area contributed by atoms with Crippen molar-refractivity contribution in [1.82, 2.24) is 0 Å². The van der Waals surface area contributed by atoms with Crippen molar-refractivity contribution in [2.75, 3.05) is 5.33 Å². The van der Waals surface area contributed by atoms with Gasteiger partial charge < -0.3 is 4.74 Å². The van der Waals surface area contributed by atoms with E-state index in [0.29, 0.717) is 17.3 Å². The molecule has 0 bridgehead atoms. The van der Waals surface area contributed by atoms with Gasteiger partial charge in [-0.2, -0.15) is 0 Å². The molecule has 0 aromatic heterocycles. The van der Waals surface area contributed by atoms with Gasteiger partial charge in [-0.1, -0.05) is 52.8 Å². The van der Waals surface area contributed by atoms with Gasteiger partial charge in [0.05, 0.1) is 0 Å². The Kier molecular flexibility index (Phi) is 2.65. The molecule has 2 rings (SSSR count). The minimum Gasteiger partial charge on any atom is -0.450 e. The average Bonchev–Trinajstić information content (AvgIpc) is 2.57. The highest BCUT2D eigenvalue weighted by molar-refractivity contribution is 9.09. The van der Waals surface area contributed by atoms with Crippen LogP contribution in [0.4, 0.5) is 0 Å². The predicted molar refractivity (Wildman–Crippen MR) is 61.8 cm³/mol. The number of hydrogen-bond acceptors (Lipinski definition) is 2. The molecule has 15 heavy (non-hydrogen) atoms. The maximum absolute atomic E-state index is 11.4. The molecule has 0 aliphatic carbocycles. The maximum atomic E-state index is 11.4. The summed E-state index contributed by atoms with van der Waals surface area (Å²) >= 11 is 3.41. The third-order valence-corrected chi connectivity index (χ3v) is 3.50. The molecule has 0 amide bonds. The first-order valence-electron chi connectivity index (χ1n) is 4.70. The molecule has 1 atom stereocenters. The Hall–Kier alpha value is -1.09. The number of alkyl halides is 1. The van der Waals surface area contributed by atoms with Gasteiger partial charge in [0, 0.05) is 17.3 Å². The lowest BCUT2D eigenvalue weighted by molar-refractivity contribution is -0.145. The van der Waals surface area contributed by atoms with Crippen LogP contribution in [-0.4, -0.2) is 11.3 Å². The molecule has 0 saturated carbocycles. The highest BCUT2D eigenvalue weighted by Crippen LogP contribution is 2.40. The summed E-state index contributed by atoms with van der Waals surface area (Å²) in [5, 5.41) is 0.592. The first kappa shape index (κ1) is 10.4. The predicted octanol–water partition coefficient (Wildman–Crippen LogP) is 2.78. The van der Waals surface area contributed by atoms with E-state index < -0.39 is 5.60 Å². The third kappa shape index (κ3) is 1.72. The Morgan fingerprint density at radius 3 is 2.53 bits per heavy atom. The van der Waals surface area contributed by atoms with Crippen molar-refractivity contribution in [2.45, 2.75) is 12.0 Å². The molecule has 1 saturated heterocycles. The Labute approximate surface area is 97.1 Å². The Morgan fingerprint density at radius 1 is 1.40 bits per heavy atom. The fourth-order valence-corrected chi connectivity index (χ4v) is 2.39. The van der Waals surface area contributed by atoms with Gasteiger partial charge in [0.2, 0.25) is 0 Å². The van der Waals surface area contributed by atoms with E-state index >= 15 is 0 Å². The largest absolute Gasteiger partial charge is 0.450 e. The Morgan fingerprint density at radius 2 is 2.07 bits per heavy atom. The third-order valence-electron chi connectivity index (χ3n) is 2.59. The second kappa shape index (κ2) is 3.81. The molecule has 1 aliphatic rings. The van der Waals surface area contributed by atoms with Crippen LogP contribution in [0.15, 0.2) is 42.5 Å². The maximum Gasteiger partial charge on any atom is 0.334 e. The highest BCUT2D eigenvalue weighted by Gasteiger charge is 2.43.